The van der Waals surface area contributed by atoms with Gasteiger partial charge in [0.1, 0.15) is 18.8 Å². The van der Waals surface area contributed by atoms with Gasteiger partial charge in [0, 0.05) is 6.42 Å². The van der Waals surface area contributed by atoms with Crippen molar-refractivity contribution >= 4 is 23.8 Å². The second-order valence-electron chi connectivity index (χ2n) is 16.1. The Balaban J connectivity index is 1.18. The molecule has 6 heteroatoms. The first-order valence-corrected chi connectivity index (χ1v) is 19.8. The van der Waals surface area contributed by atoms with Crippen molar-refractivity contribution in [2.45, 2.75) is 130 Å². The maximum Gasteiger partial charge on any atom is 0.408 e. The minimum atomic E-state index is -0.701. The summed E-state index contributed by atoms with van der Waals surface area (Å²) in [5, 5.41) is 2.80. The van der Waals surface area contributed by atoms with Crippen molar-refractivity contribution in [2.75, 3.05) is 12.0 Å². The Kier molecular flexibility index (Phi) is 11.9. The van der Waals surface area contributed by atoms with Gasteiger partial charge in [0.2, 0.25) is 0 Å². The Hall–Kier alpha value is -1.95. The number of hydrogen-bond acceptors (Lipinski definition) is 5. The number of carbonyl (C=O) groups excluding carboxylic acids is 2. The third kappa shape index (κ3) is 7.84. The zero-order valence-electron chi connectivity index (χ0n) is 29.5. The molecule has 1 N–H and O–H groups in total. The molecule has 0 bridgehead atoms. The lowest BCUT2D eigenvalue weighted by Crippen LogP contribution is -2.51. The third-order valence-corrected chi connectivity index (χ3v) is 13.6. The van der Waals surface area contributed by atoms with E-state index in [2.05, 4.69) is 46.0 Å². The van der Waals surface area contributed by atoms with Crippen LogP contribution in [0.1, 0.15) is 117 Å². The van der Waals surface area contributed by atoms with E-state index in [1.165, 1.54) is 56.9 Å². The van der Waals surface area contributed by atoms with Gasteiger partial charge in [-0.3, -0.25) is 0 Å². The van der Waals surface area contributed by atoms with Gasteiger partial charge in [-0.25, -0.2) is 9.59 Å². The molecule has 4 aliphatic rings. The number of nitrogens with one attached hydrogen (secondary N) is 1. The summed E-state index contributed by atoms with van der Waals surface area (Å²) < 4.78 is 11.6. The van der Waals surface area contributed by atoms with E-state index in [0.717, 1.165) is 66.1 Å². The molecule has 1 aromatic carbocycles. The molecule has 46 heavy (non-hydrogen) atoms. The molecule has 0 spiro atoms. The van der Waals surface area contributed by atoms with E-state index >= 15 is 0 Å². The van der Waals surface area contributed by atoms with Crippen LogP contribution < -0.4 is 5.32 Å². The molecule has 0 heterocycles. The second kappa shape index (κ2) is 15.5. The average Bonchev–Trinajstić information content (AvgIpc) is 3.39. The summed E-state index contributed by atoms with van der Waals surface area (Å²) in [4.78, 5) is 26.0. The van der Waals surface area contributed by atoms with E-state index in [4.69, 9.17) is 9.47 Å². The van der Waals surface area contributed by atoms with Crippen LogP contribution in [0.2, 0.25) is 0 Å². The molecule has 0 aliphatic heterocycles. The summed E-state index contributed by atoms with van der Waals surface area (Å²) in [5.74, 6) is 5.33. The highest BCUT2D eigenvalue weighted by molar-refractivity contribution is 7.98. The van der Waals surface area contributed by atoms with Gasteiger partial charge in [0.05, 0.1) is 0 Å². The Labute approximate surface area is 283 Å². The molecular formula is C40H61NO4S. The normalized spacial score (nSPS) is 33.2. The first-order valence-electron chi connectivity index (χ1n) is 18.4. The van der Waals surface area contributed by atoms with Crippen molar-refractivity contribution in [1.29, 1.82) is 0 Å². The van der Waals surface area contributed by atoms with Crippen LogP contribution in [0.5, 0.6) is 0 Å². The van der Waals surface area contributed by atoms with E-state index in [1.807, 2.05) is 36.6 Å². The first-order chi connectivity index (χ1) is 22.0. The lowest BCUT2D eigenvalue weighted by atomic mass is 9.47. The van der Waals surface area contributed by atoms with Crippen molar-refractivity contribution in [3.8, 4) is 0 Å². The highest BCUT2D eigenvalue weighted by Gasteiger charge is 2.59. The summed E-state index contributed by atoms with van der Waals surface area (Å²) >= 11 is 1.66. The van der Waals surface area contributed by atoms with Crippen LogP contribution in [0.4, 0.5) is 4.79 Å². The Morgan fingerprint density at radius 1 is 0.978 bits per heavy atom. The van der Waals surface area contributed by atoms with E-state index < -0.39 is 12.1 Å². The molecule has 5 nitrogen and oxygen atoms in total. The summed E-state index contributed by atoms with van der Waals surface area (Å²) in [7, 11) is 0. The number of rotatable bonds is 13. The fraction of sp³-hybridized carbons (Fsp3) is 0.750. The molecule has 9 atom stereocenters. The number of ether oxygens (including phenoxy) is 2. The summed E-state index contributed by atoms with van der Waals surface area (Å²) in [5.41, 5.74) is 3.14. The Morgan fingerprint density at radius 3 is 2.50 bits per heavy atom. The lowest BCUT2D eigenvalue weighted by Gasteiger charge is -2.58. The van der Waals surface area contributed by atoms with Gasteiger partial charge in [-0.2, -0.15) is 11.8 Å². The monoisotopic (exact) mass is 651 g/mol. The van der Waals surface area contributed by atoms with E-state index in [1.54, 1.807) is 11.8 Å². The lowest BCUT2D eigenvalue weighted by molar-refractivity contribution is -0.154. The largest absolute Gasteiger partial charge is 0.461 e. The van der Waals surface area contributed by atoms with Gasteiger partial charge < -0.3 is 14.8 Å². The smallest absolute Gasteiger partial charge is 0.408 e. The predicted octanol–water partition coefficient (Wildman–Crippen LogP) is 9.99. The number of carbonyl (C=O) groups is 2. The number of thioether (sulfide) groups is 1. The van der Waals surface area contributed by atoms with Crippen LogP contribution in [0, 0.1) is 46.3 Å². The van der Waals surface area contributed by atoms with Crippen LogP contribution in [0.3, 0.4) is 0 Å². The molecule has 1 aromatic rings. The van der Waals surface area contributed by atoms with Crippen LogP contribution >= 0.6 is 11.8 Å². The fourth-order valence-electron chi connectivity index (χ4n) is 10.4. The third-order valence-electron chi connectivity index (χ3n) is 12.9. The molecule has 4 aliphatic carbocycles. The zero-order valence-corrected chi connectivity index (χ0v) is 30.3. The average molecular weight is 652 g/mol. The van der Waals surface area contributed by atoms with Gasteiger partial charge in [0.25, 0.3) is 0 Å². The molecule has 5 rings (SSSR count). The number of allylic oxidation sites excluding steroid dienone is 1. The Morgan fingerprint density at radius 2 is 1.76 bits per heavy atom. The van der Waals surface area contributed by atoms with Gasteiger partial charge in [-0.05, 0) is 115 Å². The molecule has 1 amide bonds. The zero-order chi connectivity index (χ0) is 32.9. The highest BCUT2D eigenvalue weighted by Crippen LogP contribution is 2.67. The van der Waals surface area contributed by atoms with Gasteiger partial charge in [-0.15, -0.1) is 0 Å². The second-order valence-corrected chi connectivity index (χ2v) is 17.1. The number of benzene rings is 1. The number of hydrogen-bond donors (Lipinski definition) is 1. The first kappa shape index (κ1) is 35.4. The molecule has 0 aromatic heterocycles. The van der Waals surface area contributed by atoms with Crippen molar-refractivity contribution in [1.82, 2.24) is 5.32 Å². The molecule has 0 unspecified atom stereocenters. The maximum absolute atomic E-state index is 13.4. The maximum atomic E-state index is 13.4. The quantitative estimate of drug-likeness (QED) is 0.170. The van der Waals surface area contributed by atoms with Gasteiger partial charge >= 0.3 is 12.1 Å². The van der Waals surface area contributed by atoms with Gasteiger partial charge in [-0.1, -0.05) is 95.9 Å². The molecule has 3 fully saturated rings. The number of esters is 1. The predicted molar refractivity (Wildman–Crippen MR) is 189 cm³/mol. The van der Waals surface area contributed by atoms with Gasteiger partial charge in [0.15, 0.2) is 0 Å². The summed E-state index contributed by atoms with van der Waals surface area (Å²) in [6.45, 7) is 12.6. The van der Waals surface area contributed by atoms with E-state index in [0.29, 0.717) is 11.8 Å². The standard InChI is InChI=1S/C40H61NO4S/c1-27(2)11-10-12-28(3)33-17-18-34-32-16-15-30-25-31(19-22-39(30,4)35(32)20-23-40(33,34)5)45-37(42)36(21-24-46-6)41-38(43)44-26-29-13-8-7-9-14-29/h7-9,13-15,27-28,31-36H,10-12,16-26H2,1-6H3,(H,41,43)/t28-,31+,32+,33-,34+,35+,36+,39+,40-/m1/s1. The van der Waals surface area contributed by atoms with E-state index in [-0.39, 0.29) is 24.1 Å². The van der Waals surface area contributed by atoms with Crippen LogP contribution in [0.25, 0.3) is 0 Å². The van der Waals surface area contributed by atoms with Crippen molar-refractivity contribution in [2.24, 2.45) is 46.3 Å². The van der Waals surface area contributed by atoms with Crippen molar-refractivity contribution in [3.63, 3.8) is 0 Å². The number of fused-ring (bicyclic) bond motifs is 5. The van der Waals surface area contributed by atoms with Crippen molar-refractivity contribution < 1.29 is 19.1 Å². The van der Waals surface area contributed by atoms with Crippen molar-refractivity contribution in [3.05, 3.63) is 47.5 Å². The van der Waals surface area contributed by atoms with Crippen LogP contribution in [0.15, 0.2) is 42.0 Å². The van der Waals surface area contributed by atoms with Crippen LogP contribution in [-0.2, 0) is 20.9 Å². The molecule has 3 saturated carbocycles. The fourth-order valence-corrected chi connectivity index (χ4v) is 10.9. The van der Waals surface area contributed by atoms with Crippen LogP contribution in [-0.4, -0.2) is 36.2 Å². The minimum Gasteiger partial charge on any atom is -0.461 e. The molecule has 0 saturated heterocycles. The highest BCUT2D eigenvalue weighted by atomic mass is 32.2. The summed E-state index contributed by atoms with van der Waals surface area (Å²) in [6.07, 6.45) is 18.1. The Bertz CT molecular complexity index is 1200. The minimum absolute atomic E-state index is 0.126. The molecule has 256 valence electrons. The molecule has 0 radical (unpaired) electrons. The SMILES string of the molecule is CSCC[C@H](NC(=O)OCc1ccccc1)C(=O)O[C@H]1CC[C@@]2(C)C(=CC[C@H]3[C@@H]4CC[C@H]([C@H](C)CCCC(C)C)[C@@]4(C)CC[C@@H]32)C1. The topological polar surface area (TPSA) is 64.6 Å². The summed E-state index contributed by atoms with van der Waals surface area (Å²) in [6, 6.07) is 8.89. The number of alkyl carbamates (subject to hydrolysis) is 1. The van der Waals surface area contributed by atoms with E-state index in [9.17, 15) is 9.59 Å². The number of amides is 1. The molecular weight excluding hydrogens is 591 g/mol.